The third-order valence-electron chi connectivity index (χ3n) is 5.58. The van der Waals surface area contributed by atoms with E-state index in [9.17, 15) is 4.79 Å². The Morgan fingerprint density at radius 3 is 2.44 bits per heavy atom. The summed E-state index contributed by atoms with van der Waals surface area (Å²) in [6.07, 6.45) is 0. The van der Waals surface area contributed by atoms with E-state index in [1.54, 1.807) is 32.4 Å². The van der Waals surface area contributed by atoms with Crippen LogP contribution in [0.25, 0.3) is 11.5 Å². The van der Waals surface area contributed by atoms with Crippen LogP contribution in [0.15, 0.2) is 52.9 Å². The molecule has 2 amide bonds. The summed E-state index contributed by atoms with van der Waals surface area (Å²) in [5, 5.41) is 2.94. The Kier molecular flexibility index (Phi) is 6.61. The highest BCUT2D eigenvalue weighted by Gasteiger charge is 2.23. The fourth-order valence-electron chi connectivity index (χ4n) is 3.72. The number of aromatic nitrogens is 1. The number of hydrogen-bond acceptors (Lipinski definition) is 6. The Balaban J connectivity index is 1.32. The first-order valence-corrected chi connectivity index (χ1v) is 10.6. The van der Waals surface area contributed by atoms with Crippen molar-refractivity contribution in [2.24, 2.45) is 0 Å². The zero-order valence-electron chi connectivity index (χ0n) is 18.6. The average molecular weight is 437 g/mol. The van der Waals surface area contributed by atoms with Crippen LogP contribution in [0.5, 0.6) is 11.5 Å². The molecule has 0 aliphatic carbocycles. The lowest BCUT2D eigenvalue weighted by Gasteiger charge is -2.34. The molecule has 2 heterocycles. The Morgan fingerprint density at radius 2 is 1.75 bits per heavy atom. The summed E-state index contributed by atoms with van der Waals surface area (Å²) in [4.78, 5) is 21.5. The van der Waals surface area contributed by atoms with Crippen molar-refractivity contribution in [2.45, 2.75) is 13.5 Å². The molecule has 2 aromatic carbocycles. The van der Waals surface area contributed by atoms with Crippen molar-refractivity contribution >= 4 is 11.7 Å². The van der Waals surface area contributed by atoms with Crippen molar-refractivity contribution < 1.29 is 18.7 Å². The van der Waals surface area contributed by atoms with E-state index in [-0.39, 0.29) is 6.03 Å². The van der Waals surface area contributed by atoms with E-state index < -0.39 is 0 Å². The molecular formula is C24H28N4O4. The molecule has 0 unspecified atom stereocenters. The Hall–Kier alpha value is -3.52. The fourth-order valence-corrected chi connectivity index (χ4v) is 3.72. The van der Waals surface area contributed by atoms with Crippen LogP contribution in [-0.4, -0.2) is 61.2 Å². The summed E-state index contributed by atoms with van der Waals surface area (Å²) >= 11 is 0. The third-order valence-corrected chi connectivity index (χ3v) is 5.58. The first kappa shape index (κ1) is 21.7. The van der Waals surface area contributed by atoms with Gasteiger partial charge >= 0.3 is 6.03 Å². The molecule has 4 rings (SSSR count). The van der Waals surface area contributed by atoms with Gasteiger partial charge in [-0.05, 0) is 31.2 Å². The molecule has 0 saturated carbocycles. The monoisotopic (exact) mass is 436 g/mol. The van der Waals surface area contributed by atoms with Crippen molar-refractivity contribution in [3.05, 3.63) is 60.0 Å². The summed E-state index contributed by atoms with van der Waals surface area (Å²) in [6, 6.07) is 15.1. The lowest BCUT2D eigenvalue weighted by molar-refractivity contribution is 0.141. The van der Waals surface area contributed by atoms with Crippen LogP contribution >= 0.6 is 0 Å². The SMILES string of the molecule is COc1ccc(NC(=O)N2CCN(Cc3nc(-c4ccccc4)oc3C)CC2)cc1OC. The van der Waals surface area contributed by atoms with Gasteiger partial charge in [-0.1, -0.05) is 18.2 Å². The number of carbonyl (C=O) groups excluding carboxylic acids is 1. The molecule has 8 heteroatoms. The summed E-state index contributed by atoms with van der Waals surface area (Å²) in [5.41, 5.74) is 2.58. The van der Waals surface area contributed by atoms with E-state index in [0.717, 1.165) is 30.1 Å². The van der Waals surface area contributed by atoms with Crippen molar-refractivity contribution in [2.75, 3.05) is 45.7 Å². The predicted molar refractivity (Wildman–Crippen MR) is 122 cm³/mol. The number of rotatable bonds is 6. The van der Waals surface area contributed by atoms with Gasteiger partial charge in [0.05, 0.1) is 19.9 Å². The number of nitrogens with one attached hydrogen (secondary N) is 1. The van der Waals surface area contributed by atoms with Crippen LogP contribution in [0.1, 0.15) is 11.5 Å². The second-order valence-corrected chi connectivity index (χ2v) is 7.65. The van der Waals surface area contributed by atoms with Crippen molar-refractivity contribution in [1.29, 1.82) is 0 Å². The van der Waals surface area contributed by atoms with Gasteiger partial charge in [-0.2, -0.15) is 0 Å². The number of benzene rings is 2. The largest absolute Gasteiger partial charge is 0.493 e. The number of anilines is 1. The number of oxazole rings is 1. The van der Waals surface area contributed by atoms with Crippen LogP contribution in [0, 0.1) is 6.92 Å². The Labute approximate surface area is 187 Å². The molecule has 1 aromatic heterocycles. The van der Waals surface area contributed by atoms with Crippen LogP contribution in [0.3, 0.4) is 0 Å². The first-order chi connectivity index (χ1) is 15.6. The molecule has 0 atom stereocenters. The van der Waals surface area contributed by atoms with Gasteiger partial charge in [0, 0.05) is 50.0 Å². The minimum absolute atomic E-state index is 0.124. The maximum Gasteiger partial charge on any atom is 0.321 e. The standard InChI is InChI=1S/C24H28N4O4/c1-17-20(26-23(32-17)18-7-5-4-6-8-18)16-27-11-13-28(14-12-27)24(29)25-19-9-10-21(30-2)22(15-19)31-3/h4-10,15H,11-14,16H2,1-3H3,(H,25,29). The zero-order chi connectivity index (χ0) is 22.5. The van der Waals surface area contributed by atoms with Gasteiger partial charge in [0.2, 0.25) is 5.89 Å². The number of nitrogens with zero attached hydrogens (tertiary/aromatic N) is 3. The van der Waals surface area contributed by atoms with E-state index in [2.05, 4.69) is 10.2 Å². The number of ether oxygens (including phenoxy) is 2. The van der Waals surface area contributed by atoms with E-state index in [1.165, 1.54) is 0 Å². The van der Waals surface area contributed by atoms with Gasteiger partial charge < -0.3 is 24.1 Å². The molecule has 8 nitrogen and oxygen atoms in total. The molecule has 0 spiro atoms. The number of methoxy groups -OCH3 is 2. The molecule has 0 radical (unpaired) electrons. The minimum atomic E-state index is -0.124. The van der Waals surface area contributed by atoms with E-state index in [1.807, 2.05) is 42.2 Å². The highest BCUT2D eigenvalue weighted by molar-refractivity contribution is 5.89. The number of aryl methyl sites for hydroxylation is 1. The predicted octanol–water partition coefficient (Wildman–Crippen LogP) is 4.02. The van der Waals surface area contributed by atoms with Gasteiger partial charge in [-0.25, -0.2) is 9.78 Å². The van der Waals surface area contributed by atoms with Crippen LogP contribution in [0.2, 0.25) is 0 Å². The minimum Gasteiger partial charge on any atom is -0.493 e. The maximum absolute atomic E-state index is 12.7. The molecule has 0 bridgehead atoms. The molecule has 1 N–H and O–H groups in total. The average Bonchev–Trinajstić information content (AvgIpc) is 3.20. The number of hydrogen-bond donors (Lipinski definition) is 1. The second-order valence-electron chi connectivity index (χ2n) is 7.65. The van der Waals surface area contributed by atoms with E-state index in [0.29, 0.717) is 42.7 Å². The van der Waals surface area contributed by atoms with Crippen LogP contribution in [0.4, 0.5) is 10.5 Å². The molecule has 1 aliphatic heterocycles. The van der Waals surface area contributed by atoms with Crippen molar-refractivity contribution in [3.8, 4) is 23.0 Å². The van der Waals surface area contributed by atoms with Crippen LogP contribution < -0.4 is 14.8 Å². The Bertz CT molecular complexity index is 1060. The van der Waals surface area contributed by atoms with Gasteiger partial charge in [-0.15, -0.1) is 0 Å². The van der Waals surface area contributed by atoms with Gasteiger partial charge in [-0.3, -0.25) is 4.90 Å². The lowest BCUT2D eigenvalue weighted by Crippen LogP contribution is -2.49. The summed E-state index contributed by atoms with van der Waals surface area (Å²) in [5.74, 6) is 2.68. The lowest BCUT2D eigenvalue weighted by atomic mass is 10.2. The number of carbonyl (C=O) groups is 1. The van der Waals surface area contributed by atoms with Gasteiger partial charge in [0.1, 0.15) is 5.76 Å². The third kappa shape index (κ3) is 4.86. The van der Waals surface area contributed by atoms with Crippen molar-refractivity contribution in [3.63, 3.8) is 0 Å². The number of amides is 2. The number of urea groups is 1. The Morgan fingerprint density at radius 1 is 1.03 bits per heavy atom. The van der Waals surface area contributed by atoms with Gasteiger partial charge in [0.15, 0.2) is 11.5 Å². The summed E-state index contributed by atoms with van der Waals surface area (Å²) in [7, 11) is 3.15. The van der Waals surface area contributed by atoms with E-state index in [4.69, 9.17) is 18.9 Å². The topological polar surface area (TPSA) is 80.1 Å². The molecule has 1 fully saturated rings. The van der Waals surface area contributed by atoms with Crippen molar-refractivity contribution in [1.82, 2.24) is 14.8 Å². The molecule has 1 aliphatic rings. The van der Waals surface area contributed by atoms with Gasteiger partial charge in [0.25, 0.3) is 0 Å². The highest BCUT2D eigenvalue weighted by atomic mass is 16.5. The highest BCUT2D eigenvalue weighted by Crippen LogP contribution is 2.30. The first-order valence-electron chi connectivity index (χ1n) is 10.6. The second kappa shape index (κ2) is 9.74. The van der Waals surface area contributed by atoms with Crippen LogP contribution in [-0.2, 0) is 6.54 Å². The summed E-state index contributed by atoms with van der Waals surface area (Å²) in [6.45, 7) is 5.47. The summed E-state index contributed by atoms with van der Waals surface area (Å²) < 4.78 is 16.4. The fraction of sp³-hybridized carbons (Fsp3) is 0.333. The maximum atomic E-state index is 12.7. The molecular weight excluding hydrogens is 408 g/mol. The normalized spacial score (nSPS) is 14.3. The quantitative estimate of drug-likeness (QED) is 0.629. The molecule has 1 saturated heterocycles. The smallest absolute Gasteiger partial charge is 0.321 e. The molecule has 3 aromatic rings. The number of piperazine rings is 1. The molecule has 168 valence electrons. The van der Waals surface area contributed by atoms with E-state index >= 15 is 0 Å². The zero-order valence-corrected chi connectivity index (χ0v) is 18.6. The molecule has 32 heavy (non-hydrogen) atoms.